The van der Waals surface area contributed by atoms with E-state index in [1.165, 1.54) is 12.0 Å². The molecule has 1 aromatic carbocycles. The average Bonchev–Trinajstić information content (AvgIpc) is 2.80. The minimum atomic E-state index is -2.68. The quantitative estimate of drug-likeness (QED) is 0.198. The zero-order valence-corrected chi connectivity index (χ0v) is 21.2. The summed E-state index contributed by atoms with van der Waals surface area (Å²) in [6.45, 7) is -0.167. The number of primary amides is 1. The second-order valence-electron chi connectivity index (χ2n) is 10.0. The third kappa shape index (κ3) is 3.71. The summed E-state index contributed by atoms with van der Waals surface area (Å²) in [4.78, 5) is 52.1. The van der Waals surface area contributed by atoms with E-state index < -0.39 is 58.0 Å². The Morgan fingerprint density at radius 1 is 1.19 bits per heavy atom. The van der Waals surface area contributed by atoms with Crippen LogP contribution in [-0.4, -0.2) is 89.7 Å². The zero-order chi connectivity index (χ0) is 27.6. The number of aromatic hydroxyl groups is 1. The molecule has 3 aliphatic rings. The van der Waals surface area contributed by atoms with Gasteiger partial charge in [0.1, 0.15) is 29.4 Å². The lowest BCUT2D eigenvalue weighted by Crippen LogP contribution is -2.63. The van der Waals surface area contributed by atoms with Gasteiger partial charge in [-0.3, -0.25) is 19.3 Å². The van der Waals surface area contributed by atoms with Crippen LogP contribution in [-0.2, 0) is 32.4 Å². The third-order valence-electron chi connectivity index (χ3n) is 7.59. The first-order valence-corrected chi connectivity index (χ1v) is 11.6. The van der Waals surface area contributed by atoms with Crippen molar-refractivity contribution in [1.29, 1.82) is 0 Å². The van der Waals surface area contributed by atoms with Crippen LogP contribution < -0.4 is 10.6 Å². The number of likely N-dealkylation sites (N-methyl/N-ethyl adjacent to an activating group) is 1. The van der Waals surface area contributed by atoms with Crippen LogP contribution >= 0.6 is 0 Å². The van der Waals surface area contributed by atoms with Gasteiger partial charge in [-0.15, -0.1) is 0 Å². The second-order valence-corrected chi connectivity index (χ2v) is 10.0. The summed E-state index contributed by atoms with van der Waals surface area (Å²) in [5.74, 6) is -6.91. The van der Waals surface area contributed by atoms with Gasteiger partial charge in [-0.05, 0) is 44.5 Å². The first-order chi connectivity index (χ1) is 17.3. The molecule has 1 amide bonds. The van der Waals surface area contributed by atoms with E-state index in [4.69, 9.17) is 10.6 Å². The highest BCUT2D eigenvalue weighted by molar-refractivity contribution is 6.24. The normalized spacial score (nSPS) is 27.3. The molecule has 1 aromatic rings. The summed E-state index contributed by atoms with van der Waals surface area (Å²) in [6, 6.07) is 0.634. The van der Waals surface area contributed by atoms with Gasteiger partial charge in [0.05, 0.1) is 18.7 Å². The average molecular weight is 518 g/mol. The van der Waals surface area contributed by atoms with Crippen LogP contribution in [0.5, 0.6) is 5.75 Å². The molecule has 0 heterocycles. The number of carbonyl (C=O) groups excluding carboxylic acids is 3. The molecule has 200 valence electrons. The highest BCUT2D eigenvalue weighted by atomic mass is 17.2. The van der Waals surface area contributed by atoms with Crippen molar-refractivity contribution in [3.63, 3.8) is 0 Å². The first kappa shape index (κ1) is 26.6. The van der Waals surface area contributed by atoms with Crippen molar-refractivity contribution < 1.29 is 44.6 Å². The fourth-order valence-electron chi connectivity index (χ4n) is 5.98. The zero-order valence-electron chi connectivity index (χ0n) is 21.2. The molecule has 0 saturated carbocycles. The Labute approximate surface area is 213 Å². The lowest BCUT2D eigenvalue weighted by molar-refractivity contribution is -0.282. The lowest BCUT2D eigenvalue weighted by Gasteiger charge is -2.50. The van der Waals surface area contributed by atoms with E-state index in [9.17, 15) is 34.8 Å². The van der Waals surface area contributed by atoms with Crippen LogP contribution in [0.15, 0.2) is 28.7 Å². The Morgan fingerprint density at radius 2 is 1.84 bits per heavy atom. The maximum atomic E-state index is 13.8. The number of benzene rings is 1. The van der Waals surface area contributed by atoms with Crippen LogP contribution in [0.4, 0.5) is 5.69 Å². The predicted octanol–water partition coefficient (Wildman–Crippen LogP) is 0.265. The van der Waals surface area contributed by atoms with Crippen LogP contribution in [0.25, 0.3) is 0 Å². The number of aliphatic hydroxyl groups is 3. The summed E-state index contributed by atoms with van der Waals surface area (Å²) in [7, 11) is 8.01. The minimum absolute atomic E-state index is 0.0218. The maximum absolute atomic E-state index is 13.8. The number of rotatable bonds is 6. The molecular weight excluding hydrogens is 486 g/mol. The Balaban J connectivity index is 1.96. The molecule has 12 heteroatoms. The molecule has 12 nitrogen and oxygen atoms in total. The van der Waals surface area contributed by atoms with Crippen LogP contribution in [0.2, 0.25) is 0 Å². The van der Waals surface area contributed by atoms with E-state index in [1.54, 1.807) is 39.2 Å². The van der Waals surface area contributed by atoms with Crippen LogP contribution in [0, 0.1) is 11.8 Å². The SMILES string of the molecule is COOCc1cc(N(C)C)c2c(c1O)C(=O)C1=C(O)[C@]3(O)C(=O)C(C(N)=O)=C(O)[C@@H](N(C)C)[C@@H]3C[C@@H]1C2. The molecule has 0 aliphatic heterocycles. The Bertz CT molecular complexity index is 1270. The first-order valence-electron chi connectivity index (χ1n) is 11.6. The van der Waals surface area contributed by atoms with Gasteiger partial charge in [-0.1, -0.05) is 0 Å². The molecule has 0 saturated heterocycles. The van der Waals surface area contributed by atoms with Gasteiger partial charge in [0.2, 0.25) is 5.78 Å². The van der Waals surface area contributed by atoms with E-state index >= 15 is 0 Å². The van der Waals surface area contributed by atoms with Gasteiger partial charge in [-0.2, -0.15) is 0 Å². The van der Waals surface area contributed by atoms with Gasteiger partial charge in [0, 0.05) is 36.8 Å². The van der Waals surface area contributed by atoms with Gasteiger partial charge < -0.3 is 31.1 Å². The molecule has 0 unspecified atom stereocenters. The van der Waals surface area contributed by atoms with Gasteiger partial charge in [0.15, 0.2) is 11.4 Å². The van der Waals surface area contributed by atoms with Crippen molar-refractivity contribution in [2.75, 3.05) is 40.2 Å². The van der Waals surface area contributed by atoms with Crippen LogP contribution in [0.1, 0.15) is 27.9 Å². The molecule has 6 N–H and O–H groups in total. The second kappa shape index (κ2) is 9.14. The number of anilines is 1. The Hall–Kier alpha value is -3.45. The van der Waals surface area contributed by atoms with Crippen molar-refractivity contribution in [2.45, 2.75) is 31.1 Å². The van der Waals surface area contributed by atoms with E-state index in [1.807, 2.05) is 0 Å². The van der Waals surface area contributed by atoms with E-state index in [0.717, 1.165) is 0 Å². The number of amides is 1. The summed E-state index contributed by atoms with van der Waals surface area (Å²) >= 11 is 0. The van der Waals surface area contributed by atoms with Crippen molar-refractivity contribution in [3.05, 3.63) is 45.4 Å². The maximum Gasteiger partial charge on any atom is 0.255 e. The summed E-state index contributed by atoms with van der Waals surface area (Å²) < 4.78 is 0. The number of carbonyl (C=O) groups is 3. The third-order valence-corrected chi connectivity index (χ3v) is 7.59. The summed E-state index contributed by atoms with van der Waals surface area (Å²) in [5, 5.41) is 44.9. The highest BCUT2D eigenvalue weighted by Crippen LogP contribution is 2.53. The number of ketones is 2. The van der Waals surface area contributed by atoms with Gasteiger partial charge in [0.25, 0.3) is 5.91 Å². The number of allylic oxidation sites excluding steroid dienone is 1. The minimum Gasteiger partial charge on any atom is -0.510 e. The molecule has 37 heavy (non-hydrogen) atoms. The fourth-order valence-corrected chi connectivity index (χ4v) is 5.98. The molecule has 0 spiro atoms. The Kier molecular flexibility index (Phi) is 6.57. The van der Waals surface area contributed by atoms with Crippen molar-refractivity contribution in [1.82, 2.24) is 4.90 Å². The molecule has 4 rings (SSSR count). The molecule has 0 bridgehead atoms. The monoisotopic (exact) mass is 517 g/mol. The topological polar surface area (TPSA) is 183 Å². The number of hydrogen-bond acceptors (Lipinski definition) is 11. The fraction of sp³-hybridized carbons (Fsp3) is 0.480. The Morgan fingerprint density at radius 3 is 2.38 bits per heavy atom. The van der Waals surface area contributed by atoms with Crippen molar-refractivity contribution >= 4 is 23.2 Å². The molecule has 3 aliphatic carbocycles. The summed E-state index contributed by atoms with van der Waals surface area (Å²) in [5.41, 5.74) is 2.95. The number of phenols is 1. The number of phenolic OH excluding ortho intramolecular Hbond substituents is 1. The summed E-state index contributed by atoms with van der Waals surface area (Å²) in [6.07, 6.45) is 0.217. The molecular formula is C25H31N3O9. The molecule has 0 aromatic heterocycles. The van der Waals surface area contributed by atoms with E-state index in [0.29, 0.717) is 11.3 Å². The molecule has 4 atom stereocenters. The van der Waals surface area contributed by atoms with E-state index in [2.05, 4.69) is 4.89 Å². The lowest BCUT2D eigenvalue weighted by atomic mass is 9.58. The van der Waals surface area contributed by atoms with Crippen LogP contribution in [0.3, 0.4) is 0 Å². The number of hydrogen-bond donors (Lipinski definition) is 5. The highest BCUT2D eigenvalue weighted by Gasteiger charge is 2.63. The number of nitrogens with two attached hydrogens (primary N) is 1. The largest absolute Gasteiger partial charge is 0.510 e. The standard InChI is InChI=1S/C25H31N3O9/c1-27(2)14-8-11(9-37-36-5)19(29)16-12(14)6-10-7-13-18(28(3)4)21(31)17(24(26)34)23(33)25(13,35)22(32)15(10)20(16)30/h8,10,13,18,29,31-32,35H,6-7,9H2,1-5H3,(H2,26,34)/t10-,13-,18-,25-/m0/s1. The molecule has 0 radical (unpaired) electrons. The van der Waals surface area contributed by atoms with E-state index in [-0.39, 0.29) is 41.9 Å². The number of Topliss-reactive ketones (excluding diaryl/α,β-unsaturated/α-hetero) is 2. The number of aliphatic hydroxyl groups excluding tert-OH is 2. The smallest absolute Gasteiger partial charge is 0.255 e. The number of nitrogens with zero attached hydrogens (tertiary/aromatic N) is 2. The van der Waals surface area contributed by atoms with Crippen molar-refractivity contribution in [3.8, 4) is 5.75 Å². The predicted molar refractivity (Wildman–Crippen MR) is 130 cm³/mol. The van der Waals surface area contributed by atoms with Gasteiger partial charge in [-0.25, -0.2) is 9.78 Å². The van der Waals surface area contributed by atoms with Crippen molar-refractivity contribution in [2.24, 2.45) is 17.6 Å². The van der Waals surface area contributed by atoms with Gasteiger partial charge >= 0.3 is 0 Å². The molecule has 0 fully saturated rings. The number of fused-ring (bicyclic) bond motifs is 3.